The highest BCUT2D eigenvalue weighted by Crippen LogP contribution is 2.25. The molecular weight excluding hydrogens is 313 g/mol. The minimum Gasteiger partial charge on any atom is -0.464 e. The molecular formula is C12H12ClF3N2O3. The van der Waals surface area contributed by atoms with Crippen LogP contribution >= 0.6 is 11.6 Å². The summed E-state index contributed by atoms with van der Waals surface area (Å²) < 4.78 is 39.4. The summed E-state index contributed by atoms with van der Waals surface area (Å²) in [5.74, 6) is -6.20. The Balaban J connectivity index is 3.01. The zero-order chi connectivity index (χ0) is 16.0. The highest BCUT2D eigenvalue weighted by molar-refractivity contribution is 6.17. The molecule has 0 aliphatic rings. The van der Waals surface area contributed by atoms with E-state index in [1.165, 1.54) is 0 Å². The van der Waals surface area contributed by atoms with Crippen LogP contribution in [-0.4, -0.2) is 23.0 Å². The van der Waals surface area contributed by atoms with Gasteiger partial charge in [-0.15, -0.1) is 11.6 Å². The number of halogens is 4. The Morgan fingerprint density at radius 2 is 1.76 bits per heavy atom. The summed E-state index contributed by atoms with van der Waals surface area (Å²) in [5, 5.41) is 8.40. The summed E-state index contributed by atoms with van der Waals surface area (Å²) in [6.45, 7) is 0. The first-order valence-corrected chi connectivity index (χ1v) is 6.39. The van der Waals surface area contributed by atoms with Crippen LogP contribution in [0.2, 0.25) is 0 Å². The second-order valence-corrected chi connectivity index (χ2v) is 4.48. The number of amides is 2. The second-order valence-electron chi connectivity index (χ2n) is 4.10. The molecule has 21 heavy (non-hydrogen) atoms. The number of nitrogens with one attached hydrogen (secondary N) is 2. The molecule has 0 spiro atoms. The minimum absolute atomic E-state index is 0.110. The normalized spacial score (nSPS) is 11.8. The zero-order valence-electron chi connectivity index (χ0n) is 10.6. The fraction of sp³-hybridized carbons (Fsp3) is 0.333. The van der Waals surface area contributed by atoms with Gasteiger partial charge in [-0.1, -0.05) is 0 Å². The molecule has 1 unspecified atom stereocenters. The van der Waals surface area contributed by atoms with Crippen LogP contribution in [-0.2, 0) is 4.79 Å². The molecule has 0 aliphatic carbocycles. The fourth-order valence-electron chi connectivity index (χ4n) is 1.71. The highest BCUT2D eigenvalue weighted by atomic mass is 35.5. The number of rotatable bonds is 5. The topological polar surface area (TPSA) is 78.4 Å². The molecule has 5 nitrogen and oxygen atoms in total. The third-order valence-electron chi connectivity index (χ3n) is 2.64. The van der Waals surface area contributed by atoms with Crippen molar-refractivity contribution in [3.8, 4) is 0 Å². The average Bonchev–Trinajstić information content (AvgIpc) is 2.42. The lowest BCUT2D eigenvalue weighted by Crippen LogP contribution is -2.43. The van der Waals surface area contributed by atoms with Crippen molar-refractivity contribution in [1.82, 2.24) is 10.9 Å². The van der Waals surface area contributed by atoms with Gasteiger partial charge in [-0.25, -0.2) is 23.4 Å². The van der Waals surface area contributed by atoms with Gasteiger partial charge in [-0.3, -0.25) is 10.2 Å². The van der Waals surface area contributed by atoms with E-state index in [0.29, 0.717) is 18.6 Å². The molecule has 1 atom stereocenters. The predicted molar refractivity (Wildman–Crippen MR) is 68.3 cm³/mol. The van der Waals surface area contributed by atoms with Crippen LogP contribution in [0.3, 0.4) is 0 Å². The van der Waals surface area contributed by atoms with Crippen molar-refractivity contribution in [3.63, 3.8) is 0 Å². The van der Waals surface area contributed by atoms with E-state index in [2.05, 4.69) is 0 Å². The van der Waals surface area contributed by atoms with Crippen molar-refractivity contribution in [2.75, 3.05) is 5.88 Å². The Morgan fingerprint density at radius 3 is 2.24 bits per heavy atom. The van der Waals surface area contributed by atoms with Crippen molar-refractivity contribution >= 4 is 23.6 Å². The van der Waals surface area contributed by atoms with Crippen molar-refractivity contribution in [3.05, 3.63) is 35.1 Å². The number of carboxylic acid groups (broad SMARTS) is 1. The van der Waals surface area contributed by atoms with Gasteiger partial charge in [0.1, 0.15) is 0 Å². The summed E-state index contributed by atoms with van der Waals surface area (Å²) in [4.78, 5) is 22.2. The fourth-order valence-corrected chi connectivity index (χ4v) is 1.86. The van der Waals surface area contributed by atoms with Crippen LogP contribution in [0.4, 0.5) is 18.0 Å². The van der Waals surface area contributed by atoms with Gasteiger partial charge in [-0.05, 0) is 30.5 Å². The van der Waals surface area contributed by atoms with E-state index in [9.17, 15) is 22.8 Å². The molecule has 0 bridgehead atoms. The van der Waals surface area contributed by atoms with E-state index < -0.39 is 35.4 Å². The van der Waals surface area contributed by atoms with E-state index in [4.69, 9.17) is 16.7 Å². The molecule has 9 heteroatoms. The van der Waals surface area contributed by atoms with Gasteiger partial charge >= 0.3 is 6.09 Å². The van der Waals surface area contributed by atoms with E-state index in [-0.39, 0.29) is 17.9 Å². The molecule has 0 fully saturated rings. The van der Waals surface area contributed by atoms with Crippen LogP contribution in [0.15, 0.2) is 12.1 Å². The Bertz CT molecular complexity index is 519. The summed E-state index contributed by atoms with van der Waals surface area (Å²) in [7, 11) is 0. The molecule has 2 amide bonds. The molecule has 1 rings (SSSR count). The van der Waals surface area contributed by atoms with E-state index >= 15 is 0 Å². The van der Waals surface area contributed by atoms with Crippen LogP contribution in [0, 0.1) is 17.5 Å². The highest BCUT2D eigenvalue weighted by Gasteiger charge is 2.23. The third-order valence-corrected chi connectivity index (χ3v) is 2.91. The number of carbonyl (C=O) groups excluding carboxylic acids is 1. The molecule has 0 heterocycles. The Labute approximate surface area is 123 Å². The Hall–Kier alpha value is -1.96. The summed E-state index contributed by atoms with van der Waals surface area (Å²) in [6, 6.07) is 1.38. The predicted octanol–water partition coefficient (Wildman–Crippen LogP) is 2.51. The number of carbonyl (C=O) groups is 2. The standard InChI is InChI=1S/C12H12ClF3N2O3/c13-3-1-2-7(11(19)17-18-12(20)21)6-4-8(14)10(16)9(15)5-6/h4-5,7,18H,1-3H2,(H,17,19)(H,20,21). The van der Waals surface area contributed by atoms with Gasteiger partial charge in [0, 0.05) is 5.88 Å². The second kappa shape index (κ2) is 7.72. The Kier molecular flexibility index (Phi) is 6.29. The Morgan fingerprint density at radius 1 is 1.19 bits per heavy atom. The van der Waals surface area contributed by atoms with Crippen LogP contribution < -0.4 is 10.9 Å². The number of hydrazine groups is 1. The number of hydrogen-bond donors (Lipinski definition) is 3. The first-order valence-electron chi connectivity index (χ1n) is 5.86. The molecule has 0 aromatic heterocycles. The lowest BCUT2D eigenvalue weighted by atomic mass is 9.93. The quantitative estimate of drug-likeness (QED) is 0.442. The van der Waals surface area contributed by atoms with Gasteiger partial charge in [0.25, 0.3) is 0 Å². The average molecular weight is 325 g/mol. The first-order chi connectivity index (χ1) is 9.86. The molecule has 3 N–H and O–H groups in total. The van der Waals surface area contributed by atoms with Gasteiger partial charge in [-0.2, -0.15) is 0 Å². The van der Waals surface area contributed by atoms with Crippen LogP contribution in [0.1, 0.15) is 24.3 Å². The van der Waals surface area contributed by atoms with Gasteiger partial charge in [0.2, 0.25) is 5.91 Å². The molecule has 1 aromatic carbocycles. The van der Waals surface area contributed by atoms with Crippen LogP contribution in [0.5, 0.6) is 0 Å². The number of alkyl halides is 1. The van der Waals surface area contributed by atoms with Gasteiger partial charge < -0.3 is 5.11 Å². The summed E-state index contributed by atoms with van der Waals surface area (Å²) in [6.07, 6.45) is -1.05. The lowest BCUT2D eigenvalue weighted by molar-refractivity contribution is -0.123. The maximum absolute atomic E-state index is 13.2. The molecule has 0 saturated heterocycles. The van der Waals surface area contributed by atoms with E-state index in [0.717, 1.165) is 0 Å². The third kappa shape index (κ3) is 4.82. The molecule has 0 saturated carbocycles. The molecule has 116 valence electrons. The summed E-state index contributed by atoms with van der Waals surface area (Å²) in [5.41, 5.74) is 3.40. The SMILES string of the molecule is O=C(O)NNC(=O)C(CCCCl)c1cc(F)c(F)c(F)c1. The zero-order valence-corrected chi connectivity index (χ0v) is 11.4. The number of hydrogen-bond acceptors (Lipinski definition) is 2. The lowest BCUT2D eigenvalue weighted by Gasteiger charge is -2.17. The summed E-state index contributed by atoms with van der Waals surface area (Å²) >= 11 is 5.50. The molecule has 0 radical (unpaired) electrons. The van der Waals surface area contributed by atoms with Gasteiger partial charge in [0.15, 0.2) is 17.5 Å². The van der Waals surface area contributed by atoms with Crippen LogP contribution in [0.25, 0.3) is 0 Å². The van der Waals surface area contributed by atoms with Crippen molar-refractivity contribution < 1.29 is 27.9 Å². The molecule has 1 aromatic rings. The smallest absolute Gasteiger partial charge is 0.423 e. The molecule has 0 aliphatic heterocycles. The number of benzene rings is 1. The monoisotopic (exact) mass is 324 g/mol. The van der Waals surface area contributed by atoms with E-state index in [1.807, 2.05) is 5.43 Å². The maximum atomic E-state index is 13.2. The largest absolute Gasteiger partial charge is 0.464 e. The van der Waals surface area contributed by atoms with Crippen molar-refractivity contribution in [1.29, 1.82) is 0 Å². The van der Waals surface area contributed by atoms with Crippen molar-refractivity contribution in [2.24, 2.45) is 0 Å². The van der Waals surface area contributed by atoms with Gasteiger partial charge in [0.05, 0.1) is 5.92 Å². The minimum atomic E-state index is -1.64. The first kappa shape index (κ1) is 17.1. The maximum Gasteiger partial charge on any atom is 0.423 e. The van der Waals surface area contributed by atoms with Crippen molar-refractivity contribution in [2.45, 2.75) is 18.8 Å². The van der Waals surface area contributed by atoms with E-state index in [1.54, 1.807) is 5.43 Å².